The molecular weight excluding hydrogens is 1010 g/mol. The molecule has 0 bridgehead atoms. The van der Waals surface area contributed by atoms with Crippen LogP contribution in [-0.4, -0.2) is 65.2 Å². The van der Waals surface area contributed by atoms with Crippen molar-refractivity contribution in [3.8, 4) is 45.6 Å². The molecule has 11 aromatic rings. The van der Waals surface area contributed by atoms with Gasteiger partial charge in [-0.1, -0.05) is 84.6 Å². The number of ether oxygens (including phenoxy) is 2. The van der Waals surface area contributed by atoms with Crippen LogP contribution in [-0.2, 0) is 13.5 Å². The van der Waals surface area contributed by atoms with Gasteiger partial charge in [0.15, 0.2) is 11.3 Å². The van der Waals surface area contributed by atoms with Gasteiger partial charge in [0, 0.05) is 72.4 Å². The quantitative estimate of drug-likeness (QED) is 0.0895. The molecule has 11 rings (SSSR count). The van der Waals surface area contributed by atoms with Gasteiger partial charge in [-0.3, -0.25) is 4.79 Å². The van der Waals surface area contributed by atoms with Crippen molar-refractivity contribution in [3.63, 3.8) is 0 Å². The number of benzene rings is 8. The van der Waals surface area contributed by atoms with Crippen molar-refractivity contribution in [2.24, 2.45) is 7.05 Å². The maximum Gasteiger partial charge on any atom is 0.339 e. The van der Waals surface area contributed by atoms with E-state index in [0.29, 0.717) is 38.2 Å². The standard InChI is InChI=1S/C26H28N3.C23H16O6.C17H14O5/c1-19-17-21(20(2)29(19)24-9-7-6-8-10-24)11-13-23-14-12-22-18-25(27(3)4)15-16-26(22)28(23)5;24-20-16(14-7-3-1-5-12(14)9-18(20)22(26)27)11-17-15-8-4-2-6-13(15)10-19(21(17)25)23(28)29;1-20-11-5-3-10(4-6-11)13-9-22-16-12(15(13)19)7-8-14(18)17(16)21-2/h6-18H,1-5H3;1-10,24-25H,11H2,(H,26,27)(H,28,29);3-9,18H,1-2H3/q+1;;/p-1. The SMILES string of the molecule is COc1ccc(-c2coc3c(OC)c(O)ccc3c2=O)cc1.Cc1cc(C=Cc2ccc3cc(N(C)C)ccc3[n+]2C)c(C)n1-c1ccccc1.O=C(O)c1cc2ccccc2c(Cc2c(O)c(C(=O)O)cc3ccccc23)c1[O-]. The molecule has 0 radical (unpaired) electrons. The number of phenols is 2. The molecular formula is C66H57N3O11. The lowest BCUT2D eigenvalue weighted by molar-refractivity contribution is -0.646. The van der Waals surface area contributed by atoms with Crippen molar-refractivity contribution in [3.05, 3.63) is 225 Å². The van der Waals surface area contributed by atoms with Crippen LogP contribution in [0.2, 0.25) is 0 Å². The maximum atomic E-state index is 12.9. The highest BCUT2D eigenvalue weighted by Gasteiger charge is 2.21. The van der Waals surface area contributed by atoms with Crippen molar-refractivity contribution in [2.75, 3.05) is 33.2 Å². The molecule has 0 unspecified atom stereocenters. The zero-order valence-corrected chi connectivity index (χ0v) is 45.0. The molecule has 0 fully saturated rings. The number of nitrogens with zero attached hydrogens (tertiary/aromatic N) is 3. The number of rotatable bonds is 11. The fourth-order valence-corrected chi connectivity index (χ4v) is 9.96. The first-order valence-electron chi connectivity index (χ1n) is 25.4. The van der Waals surface area contributed by atoms with Gasteiger partial charge in [-0.15, -0.1) is 0 Å². The summed E-state index contributed by atoms with van der Waals surface area (Å²) >= 11 is 0. The van der Waals surface area contributed by atoms with Crippen molar-refractivity contribution in [1.82, 2.24) is 4.57 Å². The Morgan fingerprint density at radius 1 is 0.688 bits per heavy atom. The van der Waals surface area contributed by atoms with Gasteiger partial charge in [0.2, 0.25) is 22.4 Å². The Morgan fingerprint density at radius 3 is 1.96 bits per heavy atom. The molecule has 8 aromatic carbocycles. The first-order chi connectivity index (χ1) is 38.5. The zero-order chi connectivity index (χ0) is 56.9. The molecule has 14 nitrogen and oxygen atoms in total. The minimum Gasteiger partial charge on any atom is -0.872 e. The van der Waals surface area contributed by atoms with Crippen LogP contribution >= 0.6 is 0 Å². The van der Waals surface area contributed by atoms with Crippen LogP contribution < -0.4 is 29.5 Å². The van der Waals surface area contributed by atoms with Crippen molar-refractivity contribution >= 4 is 73.2 Å². The van der Waals surface area contributed by atoms with Crippen molar-refractivity contribution in [1.29, 1.82) is 0 Å². The number of para-hydroxylation sites is 1. The third-order valence-electron chi connectivity index (χ3n) is 14.2. The summed E-state index contributed by atoms with van der Waals surface area (Å²) in [6.07, 6.45) is 5.69. The molecule has 0 aliphatic carbocycles. The normalized spacial score (nSPS) is 11.1. The Kier molecular flexibility index (Phi) is 15.7. The van der Waals surface area contributed by atoms with Gasteiger partial charge in [0.05, 0.1) is 30.7 Å². The fraction of sp³-hybridized carbons (Fsp3) is 0.121. The van der Waals surface area contributed by atoms with E-state index in [9.17, 15) is 39.9 Å². The van der Waals surface area contributed by atoms with Gasteiger partial charge in [0.25, 0.3) is 0 Å². The molecule has 402 valence electrons. The van der Waals surface area contributed by atoms with E-state index in [1.54, 1.807) is 79.9 Å². The highest BCUT2D eigenvalue weighted by atomic mass is 16.5. The molecule has 0 aliphatic heterocycles. The molecule has 0 amide bonds. The minimum atomic E-state index is -1.34. The summed E-state index contributed by atoms with van der Waals surface area (Å²) in [5.41, 5.74) is 9.60. The summed E-state index contributed by atoms with van der Waals surface area (Å²) < 4.78 is 20.3. The van der Waals surface area contributed by atoms with Gasteiger partial charge in [-0.05, 0) is 131 Å². The summed E-state index contributed by atoms with van der Waals surface area (Å²) in [7, 11) is 9.27. The second-order valence-corrected chi connectivity index (χ2v) is 19.2. The number of carboxylic acid groups (broad SMARTS) is 2. The Balaban J connectivity index is 0.000000147. The lowest BCUT2D eigenvalue weighted by Crippen LogP contribution is -2.32. The summed E-state index contributed by atoms with van der Waals surface area (Å²) in [6, 6.07) is 50.3. The number of aryl methyl sites for hydroxylation is 2. The largest absolute Gasteiger partial charge is 0.872 e. The summed E-state index contributed by atoms with van der Waals surface area (Å²) in [5.74, 6) is -2.93. The van der Waals surface area contributed by atoms with Gasteiger partial charge in [-0.2, -0.15) is 4.57 Å². The zero-order valence-electron chi connectivity index (χ0n) is 45.0. The number of hydrogen-bond donors (Lipinski definition) is 4. The van der Waals surface area contributed by atoms with E-state index in [1.165, 1.54) is 82.6 Å². The van der Waals surface area contributed by atoms with Gasteiger partial charge in [-0.25, -0.2) is 9.59 Å². The van der Waals surface area contributed by atoms with Crippen LogP contribution in [0.1, 0.15) is 54.5 Å². The van der Waals surface area contributed by atoms with Crippen LogP contribution in [0.15, 0.2) is 179 Å². The number of aromatic carboxylic acids is 2. The number of fused-ring (bicyclic) bond motifs is 4. The van der Waals surface area contributed by atoms with Crippen molar-refractivity contribution in [2.45, 2.75) is 20.3 Å². The number of carbonyl (C=O) groups is 2. The highest BCUT2D eigenvalue weighted by molar-refractivity contribution is 6.02. The number of carboxylic acids is 2. The predicted octanol–water partition coefficient (Wildman–Crippen LogP) is 12.3. The second kappa shape index (κ2) is 23.1. The van der Waals surface area contributed by atoms with E-state index in [4.69, 9.17) is 13.9 Å². The molecule has 0 aliphatic rings. The average molecular weight is 1070 g/mol. The molecule has 80 heavy (non-hydrogen) atoms. The summed E-state index contributed by atoms with van der Waals surface area (Å²) in [4.78, 5) is 37.9. The molecule has 4 N–H and O–H groups in total. The molecule has 3 heterocycles. The molecule has 0 atom stereocenters. The lowest BCUT2D eigenvalue weighted by atomic mass is 9.90. The highest BCUT2D eigenvalue weighted by Crippen LogP contribution is 2.39. The molecule has 3 aromatic heterocycles. The van der Waals surface area contributed by atoms with Crippen LogP contribution in [0.4, 0.5) is 5.69 Å². The number of aromatic hydroxyl groups is 2. The number of hydrogen-bond acceptors (Lipinski definition) is 10. The van der Waals surface area contributed by atoms with Gasteiger partial charge < -0.3 is 48.9 Å². The smallest absolute Gasteiger partial charge is 0.339 e. The second-order valence-electron chi connectivity index (χ2n) is 19.2. The Labute approximate surface area is 460 Å². The molecule has 14 heteroatoms. The van der Waals surface area contributed by atoms with E-state index in [1.807, 2.05) is 0 Å². The topological polar surface area (TPSA) is 199 Å². The average Bonchev–Trinajstić information content (AvgIpc) is 3.84. The van der Waals surface area contributed by atoms with Gasteiger partial charge >= 0.3 is 11.9 Å². The van der Waals surface area contributed by atoms with E-state index in [-0.39, 0.29) is 51.2 Å². The van der Waals surface area contributed by atoms with E-state index < -0.39 is 23.4 Å². The third kappa shape index (κ3) is 10.8. The number of phenolic OH excluding ortho intramolecular Hbond substituents is 1. The number of aromatic nitrogens is 2. The summed E-state index contributed by atoms with van der Waals surface area (Å²) in [6.45, 7) is 4.35. The maximum absolute atomic E-state index is 12.9. The van der Waals surface area contributed by atoms with Crippen LogP contribution in [0, 0.1) is 13.8 Å². The van der Waals surface area contributed by atoms with Gasteiger partial charge in [0.1, 0.15) is 30.4 Å². The minimum absolute atomic E-state index is 0.0738. The Morgan fingerprint density at radius 2 is 1.32 bits per heavy atom. The molecule has 0 saturated carbocycles. The Bertz CT molecular complexity index is 4150. The predicted molar refractivity (Wildman–Crippen MR) is 312 cm³/mol. The van der Waals surface area contributed by atoms with Crippen LogP contribution in [0.3, 0.4) is 0 Å². The molecule has 0 saturated heterocycles. The number of pyridine rings is 1. The summed E-state index contributed by atoms with van der Waals surface area (Å²) in [5, 5.41) is 56.1. The van der Waals surface area contributed by atoms with Crippen LogP contribution in [0.25, 0.3) is 72.4 Å². The van der Waals surface area contributed by atoms with E-state index in [2.05, 4.69) is 128 Å². The molecule has 0 spiro atoms. The first-order valence-corrected chi connectivity index (χ1v) is 25.4. The van der Waals surface area contributed by atoms with E-state index >= 15 is 0 Å². The lowest BCUT2D eigenvalue weighted by Gasteiger charge is -2.21. The number of anilines is 1. The van der Waals surface area contributed by atoms with Crippen LogP contribution in [0.5, 0.6) is 28.7 Å². The number of methoxy groups -OCH3 is 2. The van der Waals surface area contributed by atoms with E-state index in [0.717, 1.165) is 5.56 Å². The Hall–Kier alpha value is -10.3. The third-order valence-corrected chi connectivity index (χ3v) is 14.2. The first kappa shape index (κ1) is 54.4. The fourth-order valence-electron chi connectivity index (χ4n) is 9.96. The monoisotopic (exact) mass is 1070 g/mol. The van der Waals surface area contributed by atoms with Crippen molar-refractivity contribution < 1.29 is 53.6 Å².